The molecule has 0 radical (unpaired) electrons. The van der Waals surface area contributed by atoms with Crippen LogP contribution < -0.4 is 10.1 Å². The average molecular weight is 342 g/mol. The third-order valence-electron chi connectivity index (χ3n) is 3.09. The Bertz CT molecular complexity index is 554. The number of carbonyl (C=O) groups is 2. The van der Waals surface area contributed by atoms with Crippen LogP contribution in [0.1, 0.15) is 33.3 Å². The van der Waals surface area contributed by atoms with Gasteiger partial charge in [-0.3, -0.25) is 9.59 Å². The molecule has 2 amide bonds. The van der Waals surface area contributed by atoms with E-state index in [0.29, 0.717) is 12.1 Å². The number of ether oxygens (including phenoxy) is 1. The summed E-state index contributed by atoms with van der Waals surface area (Å²) >= 11 is 0. The first kappa shape index (κ1) is 19.9. The van der Waals surface area contributed by atoms with Crippen LogP contribution in [0.4, 0.5) is 8.78 Å². The Morgan fingerprint density at radius 2 is 1.79 bits per heavy atom. The molecule has 0 aliphatic carbocycles. The minimum atomic E-state index is -2.88. The molecule has 0 saturated carbocycles. The molecular weight excluding hydrogens is 318 g/mol. The third kappa shape index (κ3) is 7.39. The monoisotopic (exact) mass is 342 g/mol. The predicted molar refractivity (Wildman–Crippen MR) is 86.9 cm³/mol. The number of benzene rings is 1. The van der Waals surface area contributed by atoms with Gasteiger partial charge < -0.3 is 15.0 Å². The fourth-order valence-electron chi connectivity index (χ4n) is 2.08. The molecule has 0 aromatic heterocycles. The minimum absolute atomic E-state index is 0.0147. The number of hydrogen-bond acceptors (Lipinski definition) is 3. The second-order valence-corrected chi connectivity index (χ2v) is 6.41. The molecule has 5 nitrogen and oxygen atoms in total. The fourth-order valence-corrected chi connectivity index (χ4v) is 2.08. The Kier molecular flexibility index (Phi) is 7.13. The highest BCUT2D eigenvalue weighted by molar-refractivity contribution is 5.86. The van der Waals surface area contributed by atoms with E-state index in [9.17, 15) is 18.4 Å². The number of carbonyl (C=O) groups excluding carboxylic acids is 2. The van der Waals surface area contributed by atoms with E-state index in [0.717, 1.165) is 0 Å². The zero-order valence-corrected chi connectivity index (χ0v) is 14.4. The molecule has 0 bridgehead atoms. The molecule has 0 unspecified atom stereocenters. The summed E-state index contributed by atoms with van der Waals surface area (Å²) in [6.45, 7) is 4.91. The first-order valence-electron chi connectivity index (χ1n) is 7.73. The number of nitrogens with zero attached hydrogens (tertiary/aromatic N) is 1. The van der Waals surface area contributed by atoms with Crippen molar-refractivity contribution >= 4 is 11.8 Å². The molecular formula is C17H24F2N2O3. The summed E-state index contributed by atoms with van der Waals surface area (Å²) in [4.78, 5) is 25.7. The molecule has 1 N–H and O–H groups in total. The normalized spacial score (nSPS) is 11.3. The van der Waals surface area contributed by atoms with E-state index in [-0.39, 0.29) is 36.1 Å². The van der Waals surface area contributed by atoms with E-state index in [1.54, 1.807) is 19.1 Å². The van der Waals surface area contributed by atoms with Crippen molar-refractivity contribution < 1.29 is 23.1 Å². The van der Waals surface area contributed by atoms with Crippen LogP contribution in [0, 0.1) is 0 Å². The van der Waals surface area contributed by atoms with E-state index in [4.69, 9.17) is 0 Å². The van der Waals surface area contributed by atoms with E-state index in [1.807, 2.05) is 20.8 Å². The Labute approximate surface area is 141 Å². The summed E-state index contributed by atoms with van der Waals surface area (Å²) < 4.78 is 28.5. The molecule has 0 aliphatic heterocycles. The van der Waals surface area contributed by atoms with Gasteiger partial charge in [-0.25, -0.2) is 0 Å². The molecule has 1 aromatic rings. The van der Waals surface area contributed by atoms with Crippen molar-refractivity contribution in [3.8, 4) is 5.75 Å². The largest absolute Gasteiger partial charge is 0.435 e. The second-order valence-electron chi connectivity index (χ2n) is 6.41. The summed E-state index contributed by atoms with van der Waals surface area (Å²) in [7, 11) is 0. The second kappa shape index (κ2) is 8.61. The quantitative estimate of drug-likeness (QED) is 0.829. The smallest absolute Gasteiger partial charge is 0.387 e. The zero-order valence-electron chi connectivity index (χ0n) is 14.4. The Balaban J connectivity index is 2.62. The highest BCUT2D eigenvalue weighted by Gasteiger charge is 2.19. The Hall–Kier alpha value is -2.18. The van der Waals surface area contributed by atoms with Gasteiger partial charge in [0.2, 0.25) is 11.8 Å². The highest BCUT2D eigenvalue weighted by atomic mass is 19.3. The van der Waals surface area contributed by atoms with Crippen LogP contribution in [-0.4, -0.2) is 42.0 Å². The number of likely N-dealkylation sites (N-methyl/N-ethyl adjacent to an activating group) is 1. The summed E-state index contributed by atoms with van der Waals surface area (Å²) in [5.41, 5.74) is 0.302. The lowest BCUT2D eigenvalue weighted by atomic mass is 10.1. The number of rotatable bonds is 7. The fraction of sp³-hybridized carbons (Fsp3) is 0.529. The maximum absolute atomic E-state index is 12.3. The third-order valence-corrected chi connectivity index (χ3v) is 3.09. The van der Waals surface area contributed by atoms with Gasteiger partial charge in [0.15, 0.2) is 0 Å². The van der Waals surface area contributed by atoms with Crippen molar-refractivity contribution in [2.75, 3.05) is 13.1 Å². The van der Waals surface area contributed by atoms with Crippen LogP contribution in [0.25, 0.3) is 0 Å². The van der Waals surface area contributed by atoms with Crippen LogP contribution in [0.3, 0.4) is 0 Å². The summed E-state index contributed by atoms with van der Waals surface area (Å²) in [6, 6.07) is 5.88. The molecule has 0 spiro atoms. The van der Waals surface area contributed by atoms with Crippen LogP contribution in [-0.2, 0) is 16.0 Å². The number of amides is 2. The maximum atomic E-state index is 12.3. The van der Waals surface area contributed by atoms with Crippen molar-refractivity contribution in [2.24, 2.45) is 0 Å². The minimum Gasteiger partial charge on any atom is -0.435 e. The number of halogens is 2. The molecule has 0 saturated heterocycles. The summed E-state index contributed by atoms with van der Waals surface area (Å²) in [5, 5.41) is 2.81. The van der Waals surface area contributed by atoms with Crippen LogP contribution >= 0.6 is 0 Å². The van der Waals surface area contributed by atoms with Crippen LogP contribution in [0.5, 0.6) is 5.75 Å². The maximum Gasteiger partial charge on any atom is 0.387 e. The van der Waals surface area contributed by atoms with Gasteiger partial charge in [-0.05, 0) is 45.4 Å². The molecule has 0 aliphatic rings. The van der Waals surface area contributed by atoms with Gasteiger partial charge in [0.05, 0.1) is 13.0 Å². The molecule has 7 heteroatoms. The van der Waals surface area contributed by atoms with Gasteiger partial charge in [-0.2, -0.15) is 8.78 Å². The average Bonchev–Trinajstić information content (AvgIpc) is 2.44. The van der Waals surface area contributed by atoms with E-state index >= 15 is 0 Å². The van der Waals surface area contributed by atoms with Crippen molar-refractivity contribution in [1.29, 1.82) is 0 Å². The van der Waals surface area contributed by atoms with Gasteiger partial charge in [-0.15, -0.1) is 0 Å². The van der Waals surface area contributed by atoms with Gasteiger partial charge in [-0.1, -0.05) is 12.1 Å². The molecule has 134 valence electrons. The molecule has 0 atom stereocenters. The van der Waals surface area contributed by atoms with Gasteiger partial charge in [0.25, 0.3) is 0 Å². The molecule has 1 rings (SSSR count). The summed E-state index contributed by atoms with van der Waals surface area (Å²) in [6.07, 6.45) is 0.0889. The van der Waals surface area contributed by atoms with Crippen LogP contribution in [0.15, 0.2) is 24.3 Å². The highest BCUT2D eigenvalue weighted by Crippen LogP contribution is 2.15. The SMILES string of the molecule is CCN(CC(=O)NC(C)(C)C)C(=O)Cc1ccc(OC(F)F)cc1. The number of alkyl halides is 2. The van der Waals surface area contributed by atoms with Gasteiger partial charge >= 0.3 is 6.61 Å². The van der Waals surface area contributed by atoms with E-state index in [2.05, 4.69) is 10.1 Å². The lowest BCUT2D eigenvalue weighted by molar-refractivity contribution is -0.135. The Morgan fingerprint density at radius 3 is 2.25 bits per heavy atom. The van der Waals surface area contributed by atoms with Gasteiger partial charge in [0.1, 0.15) is 5.75 Å². The van der Waals surface area contributed by atoms with Crippen molar-refractivity contribution in [2.45, 2.75) is 46.3 Å². The Morgan fingerprint density at radius 1 is 1.21 bits per heavy atom. The predicted octanol–water partition coefficient (Wildman–Crippen LogP) is 2.59. The first-order chi connectivity index (χ1) is 11.1. The van der Waals surface area contributed by atoms with Crippen molar-refractivity contribution in [3.05, 3.63) is 29.8 Å². The lowest BCUT2D eigenvalue weighted by Gasteiger charge is -2.25. The number of nitrogens with one attached hydrogen (secondary N) is 1. The molecule has 1 aromatic carbocycles. The summed E-state index contributed by atoms with van der Waals surface area (Å²) in [5.74, 6) is -0.388. The standard InChI is InChI=1S/C17H24F2N2O3/c1-5-21(11-14(22)20-17(2,3)4)15(23)10-12-6-8-13(9-7-12)24-16(18)19/h6-9,16H,5,10-11H2,1-4H3,(H,20,22). The topological polar surface area (TPSA) is 58.6 Å². The molecule has 24 heavy (non-hydrogen) atoms. The lowest BCUT2D eigenvalue weighted by Crippen LogP contribution is -2.47. The molecule has 0 fully saturated rings. The van der Waals surface area contributed by atoms with Crippen LogP contribution in [0.2, 0.25) is 0 Å². The first-order valence-corrected chi connectivity index (χ1v) is 7.73. The zero-order chi connectivity index (χ0) is 18.3. The van der Waals surface area contributed by atoms with E-state index in [1.165, 1.54) is 17.0 Å². The number of hydrogen-bond donors (Lipinski definition) is 1. The van der Waals surface area contributed by atoms with Crippen molar-refractivity contribution in [3.63, 3.8) is 0 Å². The van der Waals surface area contributed by atoms with E-state index < -0.39 is 6.61 Å². The van der Waals surface area contributed by atoms with Gasteiger partial charge in [0, 0.05) is 12.1 Å². The molecule has 0 heterocycles. The van der Waals surface area contributed by atoms with Crippen molar-refractivity contribution in [1.82, 2.24) is 10.2 Å².